The number of anilines is 1. The highest BCUT2D eigenvalue weighted by Crippen LogP contribution is 2.43. The van der Waals surface area contributed by atoms with Gasteiger partial charge in [0.2, 0.25) is 0 Å². The summed E-state index contributed by atoms with van der Waals surface area (Å²) in [6, 6.07) is 21.5. The number of aromatic carboxylic acids is 1. The van der Waals surface area contributed by atoms with E-state index in [0.29, 0.717) is 21.9 Å². The van der Waals surface area contributed by atoms with Crippen molar-refractivity contribution in [3.63, 3.8) is 0 Å². The molecule has 4 rings (SSSR count). The number of carboxylic acids is 1. The molecular weight excluding hydrogens is 546 g/mol. The van der Waals surface area contributed by atoms with E-state index in [9.17, 15) is 24.6 Å². The largest absolute Gasteiger partial charge is 0.478 e. The van der Waals surface area contributed by atoms with Crippen LogP contribution < -0.4 is 5.32 Å². The Bertz CT molecular complexity index is 1380. The molecular formula is C31H33NO8S. The quantitative estimate of drug-likeness (QED) is 0.215. The summed E-state index contributed by atoms with van der Waals surface area (Å²) in [4.78, 5) is 36.1. The normalized spacial score (nSPS) is 21.1. The maximum Gasteiger partial charge on any atom is 0.336 e. The Kier molecular flexibility index (Phi) is 10.2. The minimum absolute atomic E-state index is 0.0655. The van der Waals surface area contributed by atoms with Crippen molar-refractivity contribution in [2.45, 2.75) is 56.9 Å². The van der Waals surface area contributed by atoms with Gasteiger partial charge in [-0.15, -0.1) is 11.8 Å². The monoisotopic (exact) mass is 579 g/mol. The average molecular weight is 580 g/mol. The molecule has 1 fully saturated rings. The van der Waals surface area contributed by atoms with E-state index in [2.05, 4.69) is 5.32 Å². The van der Waals surface area contributed by atoms with Crippen molar-refractivity contribution in [2.75, 3.05) is 11.1 Å². The number of nitrogens with one attached hydrogen (secondary N) is 1. The molecule has 3 aromatic carbocycles. The van der Waals surface area contributed by atoms with Gasteiger partial charge in [0, 0.05) is 34.7 Å². The number of rotatable bonds is 10. The Balaban J connectivity index is 1.59. The maximum absolute atomic E-state index is 12.5. The van der Waals surface area contributed by atoms with Gasteiger partial charge in [-0.2, -0.15) is 0 Å². The van der Waals surface area contributed by atoms with Gasteiger partial charge < -0.3 is 29.7 Å². The number of amides is 1. The Labute approximate surface area is 242 Å². The molecule has 1 saturated heterocycles. The van der Waals surface area contributed by atoms with E-state index in [1.165, 1.54) is 25.6 Å². The lowest BCUT2D eigenvalue weighted by atomic mass is 9.91. The number of hydrogen-bond acceptors (Lipinski definition) is 8. The SMILES string of the molecule is CC(=O)O[C@@H](C)C(=O)Nc1cccc([C@@H]2O[C@H](CSc3ccccc3C(=O)O)[C@H](C)[C@H](c3ccc(CO)cc3)O2)c1. The maximum atomic E-state index is 12.5. The Morgan fingerprint density at radius 3 is 2.41 bits per heavy atom. The minimum Gasteiger partial charge on any atom is -0.478 e. The lowest BCUT2D eigenvalue weighted by Crippen LogP contribution is -2.38. The van der Waals surface area contributed by atoms with Crippen molar-refractivity contribution < 1.29 is 38.8 Å². The Morgan fingerprint density at radius 2 is 1.73 bits per heavy atom. The minimum atomic E-state index is -0.990. The number of hydrogen-bond donors (Lipinski definition) is 3. The van der Waals surface area contributed by atoms with Crippen molar-refractivity contribution in [1.29, 1.82) is 0 Å². The van der Waals surface area contributed by atoms with Crippen LogP contribution in [-0.2, 0) is 30.4 Å². The van der Waals surface area contributed by atoms with Gasteiger partial charge in [-0.1, -0.05) is 55.5 Å². The average Bonchev–Trinajstić information content (AvgIpc) is 2.96. The third-order valence-corrected chi connectivity index (χ3v) is 7.94. The zero-order valence-corrected chi connectivity index (χ0v) is 23.8. The topological polar surface area (TPSA) is 131 Å². The number of carbonyl (C=O) groups excluding carboxylic acids is 2. The third kappa shape index (κ3) is 7.74. The van der Waals surface area contributed by atoms with Gasteiger partial charge >= 0.3 is 11.9 Å². The van der Waals surface area contributed by atoms with Gasteiger partial charge in [0.05, 0.1) is 24.4 Å². The van der Waals surface area contributed by atoms with Crippen LogP contribution in [0.4, 0.5) is 5.69 Å². The Hall–Kier alpha value is -3.70. The van der Waals surface area contributed by atoms with Crippen LogP contribution in [-0.4, -0.2) is 46.0 Å². The standard InChI is InChI=1S/C31H33NO8S/c1-18-26(17-41-27-10-5-4-9-25(27)30(36)37)39-31(40-28(18)22-13-11-21(16-33)12-14-22)23-7-6-8-24(15-23)32-29(35)19(2)38-20(3)34/h4-15,18-19,26,28,31,33H,16-17H2,1-3H3,(H,32,35)(H,36,37)/t18-,19-,26+,28+,31+/m0/s1. The molecule has 1 heterocycles. The number of thioether (sulfide) groups is 1. The van der Waals surface area contributed by atoms with E-state index in [1.54, 1.807) is 42.5 Å². The molecule has 3 N–H and O–H groups in total. The predicted octanol–water partition coefficient (Wildman–Crippen LogP) is 5.35. The van der Waals surface area contributed by atoms with Crippen molar-refractivity contribution in [1.82, 2.24) is 0 Å². The second-order valence-corrected chi connectivity index (χ2v) is 10.9. The first-order valence-corrected chi connectivity index (χ1v) is 14.2. The number of benzene rings is 3. The molecule has 41 heavy (non-hydrogen) atoms. The zero-order chi connectivity index (χ0) is 29.5. The number of aliphatic hydroxyl groups excluding tert-OH is 1. The van der Waals surface area contributed by atoms with Crippen LogP contribution in [0.2, 0.25) is 0 Å². The van der Waals surface area contributed by atoms with Crippen LogP contribution in [0.1, 0.15) is 60.2 Å². The van der Waals surface area contributed by atoms with E-state index in [1.807, 2.05) is 37.3 Å². The van der Waals surface area contributed by atoms with Crippen LogP contribution in [0.15, 0.2) is 77.7 Å². The number of carbonyl (C=O) groups is 3. The molecule has 0 radical (unpaired) electrons. The number of esters is 1. The smallest absolute Gasteiger partial charge is 0.336 e. The van der Waals surface area contributed by atoms with Crippen LogP contribution in [0.25, 0.3) is 0 Å². The molecule has 3 aromatic rings. The summed E-state index contributed by atoms with van der Waals surface area (Å²) in [7, 11) is 0. The van der Waals surface area contributed by atoms with Crippen molar-refractivity contribution in [3.8, 4) is 0 Å². The second-order valence-electron chi connectivity index (χ2n) is 9.80. The molecule has 0 aromatic heterocycles. The number of carboxylic acid groups (broad SMARTS) is 1. The summed E-state index contributed by atoms with van der Waals surface area (Å²) in [5, 5.41) is 21.8. The van der Waals surface area contributed by atoms with Crippen LogP contribution >= 0.6 is 11.8 Å². The second kappa shape index (κ2) is 13.8. The fourth-order valence-electron chi connectivity index (χ4n) is 4.56. The highest BCUT2D eigenvalue weighted by molar-refractivity contribution is 7.99. The van der Waals surface area contributed by atoms with Crippen molar-refractivity contribution in [3.05, 3.63) is 95.1 Å². The van der Waals surface area contributed by atoms with Gasteiger partial charge in [-0.3, -0.25) is 9.59 Å². The molecule has 1 aliphatic rings. The lowest BCUT2D eigenvalue weighted by molar-refractivity contribution is -0.268. The summed E-state index contributed by atoms with van der Waals surface area (Å²) < 4.78 is 17.9. The van der Waals surface area contributed by atoms with Crippen LogP contribution in [0, 0.1) is 5.92 Å². The zero-order valence-electron chi connectivity index (χ0n) is 23.0. The number of aliphatic hydroxyl groups is 1. The molecule has 216 valence electrons. The van der Waals surface area contributed by atoms with E-state index >= 15 is 0 Å². The molecule has 0 unspecified atom stereocenters. The summed E-state index contributed by atoms with van der Waals surface area (Å²) in [5.74, 6) is -1.62. The summed E-state index contributed by atoms with van der Waals surface area (Å²) >= 11 is 1.41. The van der Waals surface area contributed by atoms with E-state index in [0.717, 1.165) is 11.1 Å². The van der Waals surface area contributed by atoms with Gasteiger partial charge in [0.25, 0.3) is 5.91 Å². The third-order valence-electron chi connectivity index (χ3n) is 6.78. The van der Waals surface area contributed by atoms with Gasteiger partial charge in [0.15, 0.2) is 12.4 Å². The molecule has 9 nitrogen and oxygen atoms in total. The fraction of sp³-hybridized carbons (Fsp3) is 0.323. The van der Waals surface area contributed by atoms with Gasteiger partial charge in [-0.05, 0) is 42.3 Å². The van der Waals surface area contributed by atoms with E-state index in [-0.39, 0.29) is 30.3 Å². The van der Waals surface area contributed by atoms with Crippen LogP contribution in [0.3, 0.4) is 0 Å². The molecule has 1 amide bonds. The highest BCUT2D eigenvalue weighted by Gasteiger charge is 2.38. The molecule has 0 aliphatic carbocycles. The van der Waals surface area contributed by atoms with Gasteiger partial charge in [-0.25, -0.2) is 4.79 Å². The first-order valence-electron chi connectivity index (χ1n) is 13.2. The number of ether oxygens (including phenoxy) is 3. The molecule has 1 aliphatic heterocycles. The van der Waals surface area contributed by atoms with E-state index < -0.39 is 30.2 Å². The first kappa shape index (κ1) is 30.3. The Morgan fingerprint density at radius 1 is 1.00 bits per heavy atom. The summed E-state index contributed by atoms with van der Waals surface area (Å²) in [6.07, 6.45) is -2.41. The highest BCUT2D eigenvalue weighted by atomic mass is 32.2. The predicted molar refractivity (Wildman–Crippen MR) is 153 cm³/mol. The van der Waals surface area contributed by atoms with Crippen molar-refractivity contribution >= 4 is 35.3 Å². The fourth-order valence-corrected chi connectivity index (χ4v) is 5.77. The molecule has 0 bridgehead atoms. The first-order chi connectivity index (χ1) is 19.7. The molecule has 0 saturated carbocycles. The van der Waals surface area contributed by atoms with Crippen LogP contribution in [0.5, 0.6) is 0 Å². The lowest BCUT2D eigenvalue weighted by Gasteiger charge is -2.41. The van der Waals surface area contributed by atoms with Gasteiger partial charge in [0.1, 0.15) is 0 Å². The molecule has 10 heteroatoms. The summed E-state index contributed by atoms with van der Waals surface area (Å²) in [6.45, 7) is 4.70. The van der Waals surface area contributed by atoms with E-state index in [4.69, 9.17) is 14.2 Å². The van der Waals surface area contributed by atoms with Crippen molar-refractivity contribution in [2.24, 2.45) is 5.92 Å². The molecule has 0 spiro atoms. The summed E-state index contributed by atoms with van der Waals surface area (Å²) in [5.41, 5.74) is 3.10. The molecule has 5 atom stereocenters.